The summed E-state index contributed by atoms with van der Waals surface area (Å²) < 4.78 is 30.6. The lowest BCUT2D eigenvalue weighted by Gasteiger charge is -2.33. The van der Waals surface area contributed by atoms with Crippen molar-refractivity contribution in [3.05, 3.63) is 26.9 Å². The third kappa shape index (κ3) is 4.51. The molecular formula is C9H10N2O12P2-4. The molecule has 0 radical (unpaired) electrons. The number of aromatic amines is 1. The molecule has 0 aliphatic carbocycles. The predicted molar refractivity (Wildman–Crippen MR) is 68.0 cm³/mol. The average molecular weight is 400 g/mol. The minimum absolute atomic E-state index is 0.0873. The molecule has 1 aromatic heterocycles. The van der Waals surface area contributed by atoms with Crippen molar-refractivity contribution in [1.82, 2.24) is 9.55 Å². The van der Waals surface area contributed by atoms with E-state index in [9.17, 15) is 48.5 Å². The van der Waals surface area contributed by atoms with Crippen molar-refractivity contribution in [1.29, 1.82) is 0 Å². The second kappa shape index (κ2) is 6.85. The molecule has 1 aliphatic rings. The monoisotopic (exact) mass is 400 g/mol. The van der Waals surface area contributed by atoms with E-state index in [0.29, 0.717) is 0 Å². The molecule has 1 aliphatic heterocycles. The fourth-order valence-corrected chi connectivity index (χ4v) is 3.27. The summed E-state index contributed by atoms with van der Waals surface area (Å²) in [5.74, 6) is 0. The number of aromatic nitrogens is 2. The molecule has 1 saturated heterocycles. The van der Waals surface area contributed by atoms with Crippen molar-refractivity contribution in [2.24, 2.45) is 0 Å². The van der Waals surface area contributed by atoms with Gasteiger partial charge in [-0.25, -0.2) is 4.79 Å². The first-order valence-electron chi connectivity index (χ1n) is 6.38. The highest BCUT2D eigenvalue weighted by molar-refractivity contribution is 7.57. The second-order valence-corrected chi connectivity index (χ2v) is 7.56. The Morgan fingerprint density at radius 2 is 1.80 bits per heavy atom. The SMILES string of the molecule is O=c1cc(P(=O)([O-])[O-])n([C@@H]2O[C@H](COP(=O)([O-])[O-])[C@@H](O)[C@H]2O)c(=O)[nH]1. The summed E-state index contributed by atoms with van der Waals surface area (Å²) in [5, 5.41) is 19.7. The van der Waals surface area contributed by atoms with Crippen LogP contribution in [0, 0.1) is 0 Å². The smallest absolute Gasteiger partial charge is 0.331 e. The Labute approximate surface area is 137 Å². The third-order valence-electron chi connectivity index (χ3n) is 3.23. The molecule has 0 bridgehead atoms. The zero-order valence-corrected chi connectivity index (χ0v) is 13.7. The lowest BCUT2D eigenvalue weighted by Crippen LogP contribution is -2.48. The minimum atomic E-state index is -5.68. The molecule has 1 fully saturated rings. The Kier molecular flexibility index (Phi) is 5.52. The van der Waals surface area contributed by atoms with Crippen LogP contribution in [-0.4, -0.2) is 44.7 Å². The number of nitrogens with zero attached hydrogens (tertiary/aromatic N) is 1. The van der Waals surface area contributed by atoms with Crippen LogP contribution in [0.3, 0.4) is 0 Å². The highest BCUT2D eigenvalue weighted by Crippen LogP contribution is 2.33. The number of aliphatic hydroxyl groups excluding tert-OH is 2. The van der Waals surface area contributed by atoms with Gasteiger partial charge in [0.15, 0.2) is 6.23 Å². The Bertz CT molecular complexity index is 851. The first kappa shape index (κ1) is 20.1. The predicted octanol–water partition coefficient (Wildman–Crippen LogP) is -6.46. The van der Waals surface area contributed by atoms with E-state index in [1.165, 1.54) is 0 Å². The number of rotatable bonds is 5. The highest BCUT2D eigenvalue weighted by atomic mass is 31.2. The summed E-state index contributed by atoms with van der Waals surface area (Å²) in [7, 11) is -11.1. The maximum absolute atomic E-state index is 11.8. The van der Waals surface area contributed by atoms with Gasteiger partial charge in [0.1, 0.15) is 18.3 Å². The number of aliphatic hydroxyl groups is 2. The highest BCUT2D eigenvalue weighted by Gasteiger charge is 2.45. The Morgan fingerprint density at radius 3 is 2.32 bits per heavy atom. The molecule has 2 heterocycles. The second-order valence-electron chi connectivity index (χ2n) is 4.95. The van der Waals surface area contributed by atoms with E-state index in [2.05, 4.69) is 4.52 Å². The average Bonchev–Trinajstić information content (AvgIpc) is 2.71. The van der Waals surface area contributed by atoms with Crippen LogP contribution in [-0.2, 0) is 18.4 Å². The van der Waals surface area contributed by atoms with Gasteiger partial charge in [-0.3, -0.25) is 14.3 Å². The summed E-state index contributed by atoms with van der Waals surface area (Å²) in [5.41, 5.74) is -3.97. The molecule has 0 aromatic carbocycles. The number of nitrogens with one attached hydrogen (secondary N) is 1. The van der Waals surface area contributed by atoms with Crippen LogP contribution >= 0.6 is 15.4 Å². The normalized spacial score (nSPS) is 27.6. The lowest BCUT2D eigenvalue weighted by atomic mass is 10.1. The molecule has 25 heavy (non-hydrogen) atoms. The van der Waals surface area contributed by atoms with Crippen molar-refractivity contribution in [3.8, 4) is 0 Å². The number of phosphoric acid groups is 1. The molecule has 1 aromatic rings. The molecule has 0 amide bonds. The van der Waals surface area contributed by atoms with Gasteiger partial charge in [-0.2, -0.15) is 0 Å². The quantitative estimate of drug-likeness (QED) is 0.391. The standard InChI is InChI=1S/C9H14N2O12P2/c12-4-1-5(24(16,17)18)11(9(15)10-4)8-7(14)6(13)3(23-8)2-22-25(19,20)21/h1,3,6-8,13-14H,2H2,(H,10,12,15)(H2,16,17,18)(H2,19,20,21)/p-4/t3-,6-,7-,8-/m1/s1. The van der Waals surface area contributed by atoms with Crippen LogP contribution < -0.4 is 36.3 Å². The molecule has 3 N–H and O–H groups in total. The number of hydrogen-bond donors (Lipinski definition) is 3. The van der Waals surface area contributed by atoms with Gasteiger partial charge in [-0.1, -0.05) is 0 Å². The van der Waals surface area contributed by atoms with E-state index in [4.69, 9.17) is 4.74 Å². The maximum Gasteiger partial charge on any atom is 0.331 e. The Morgan fingerprint density at radius 1 is 1.20 bits per heavy atom. The van der Waals surface area contributed by atoms with Gasteiger partial charge >= 0.3 is 5.69 Å². The Hall–Kier alpha value is -1.18. The number of ether oxygens (including phenoxy) is 1. The van der Waals surface area contributed by atoms with Gasteiger partial charge in [0.25, 0.3) is 5.56 Å². The molecule has 142 valence electrons. The van der Waals surface area contributed by atoms with E-state index in [1.807, 2.05) is 0 Å². The van der Waals surface area contributed by atoms with Crippen molar-refractivity contribution in [2.45, 2.75) is 24.5 Å². The fourth-order valence-electron chi connectivity index (χ4n) is 2.19. The van der Waals surface area contributed by atoms with Crippen molar-refractivity contribution in [2.75, 3.05) is 6.61 Å². The zero-order chi connectivity index (χ0) is 19.2. The van der Waals surface area contributed by atoms with Crippen molar-refractivity contribution >= 4 is 20.9 Å². The van der Waals surface area contributed by atoms with Crippen molar-refractivity contribution in [3.63, 3.8) is 0 Å². The maximum atomic E-state index is 11.8. The van der Waals surface area contributed by atoms with Crippen LogP contribution in [0.25, 0.3) is 0 Å². The number of phosphoric ester groups is 1. The molecule has 4 atom stereocenters. The van der Waals surface area contributed by atoms with E-state index >= 15 is 0 Å². The molecule has 14 nitrogen and oxygen atoms in total. The molecule has 0 saturated carbocycles. The number of hydrogen-bond acceptors (Lipinski definition) is 12. The van der Waals surface area contributed by atoms with E-state index in [-0.39, 0.29) is 10.6 Å². The summed E-state index contributed by atoms with van der Waals surface area (Å²) in [4.78, 5) is 68.1. The van der Waals surface area contributed by atoms with Crippen LogP contribution in [0.2, 0.25) is 0 Å². The van der Waals surface area contributed by atoms with Crippen LogP contribution in [0.4, 0.5) is 0 Å². The van der Waals surface area contributed by atoms with Gasteiger partial charge in [-0.05, 0) is 7.60 Å². The summed E-state index contributed by atoms with van der Waals surface area (Å²) in [6.45, 7) is -1.04. The topological polar surface area (TPSA) is 240 Å². The first-order chi connectivity index (χ1) is 11.3. The van der Waals surface area contributed by atoms with E-state index < -0.39 is 63.2 Å². The molecular weight excluding hydrogens is 390 g/mol. The lowest BCUT2D eigenvalue weighted by molar-refractivity contribution is -0.343. The van der Waals surface area contributed by atoms with Gasteiger partial charge < -0.3 is 48.2 Å². The summed E-state index contributed by atoms with van der Waals surface area (Å²) in [6.07, 6.45) is -7.54. The zero-order valence-electron chi connectivity index (χ0n) is 11.9. The van der Waals surface area contributed by atoms with Gasteiger partial charge in [0.2, 0.25) is 0 Å². The number of H-pyrrole nitrogens is 1. The van der Waals surface area contributed by atoms with E-state index in [1.54, 1.807) is 4.98 Å². The van der Waals surface area contributed by atoms with Crippen molar-refractivity contribution < 1.29 is 48.2 Å². The largest absolute Gasteiger partial charge is 0.806 e. The van der Waals surface area contributed by atoms with Gasteiger partial charge in [-0.15, -0.1) is 0 Å². The summed E-state index contributed by atoms with van der Waals surface area (Å²) in [6, 6.07) is 0.276. The summed E-state index contributed by atoms with van der Waals surface area (Å²) >= 11 is 0. The third-order valence-corrected chi connectivity index (χ3v) is 4.60. The minimum Gasteiger partial charge on any atom is -0.806 e. The van der Waals surface area contributed by atoms with Crippen LogP contribution in [0.5, 0.6) is 0 Å². The van der Waals surface area contributed by atoms with Crippen LogP contribution in [0.1, 0.15) is 6.23 Å². The molecule has 0 unspecified atom stereocenters. The Balaban J connectivity index is 2.43. The molecule has 0 spiro atoms. The molecule has 2 rings (SSSR count). The first-order valence-corrected chi connectivity index (χ1v) is 9.38. The van der Waals surface area contributed by atoms with Gasteiger partial charge in [0.05, 0.1) is 19.9 Å². The van der Waals surface area contributed by atoms with Crippen LogP contribution in [0.15, 0.2) is 15.7 Å². The fraction of sp³-hybridized carbons (Fsp3) is 0.556. The van der Waals surface area contributed by atoms with Gasteiger partial charge in [0, 0.05) is 6.07 Å². The molecule has 16 heteroatoms. The van der Waals surface area contributed by atoms with E-state index in [0.717, 1.165) is 0 Å².